The van der Waals surface area contributed by atoms with Crippen LogP contribution < -0.4 is 5.32 Å². The van der Waals surface area contributed by atoms with Gasteiger partial charge in [0.05, 0.1) is 5.56 Å². The van der Waals surface area contributed by atoms with Gasteiger partial charge in [0.2, 0.25) is 0 Å². The third-order valence-corrected chi connectivity index (χ3v) is 2.03. The zero-order valence-corrected chi connectivity index (χ0v) is 6.76. The molecule has 5 heteroatoms. The Balaban J connectivity index is 2.48. The van der Waals surface area contributed by atoms with Gasteiger partial charge in [-0.1, -0.05) is 0 Å². The Kier molecular flexibility index (Phi) is 1.58. The van der Waals surface area contributed by atoms with Crippen LogP contribution in [0.25, 0.3) is 0 Å². The summed E-state index contributed by atoms with van der Waals surface area (Å²) < 4.78 is 0. The number of hydrogen-bond donors (Lipinski definition) is 3. The molecule has 0 radical (unpaired) electrons. The first-order valence-corrected chi connectivity index (χ1v) is 3.92. The minimum atomic E-state index is -1.04. The molecular formula is C8H8N2O3. The van der Waals surface area contributed by atoms with Crippen molar-refractivity contribution in [1.29, 1.82) is 0 Å². The van der Waals surface area contributed by atoms with Crippen molar-refractivity contribution in [3.63, 3.8) is 0 Å². The van der Waals surface area contributed by atoms with E-state index in [1.54, 1.807) is 0 Å². The van der Waals surface area contributed by atoms with E-state index in [4.69, 9.17) is 5.11 Å². The number of amides is 1. The molecule has 0 bridgehead atoms. The maximum atomic E-state index is 11.2. The second-order valence-corrected chi connectivity index (χ2v) is 2.89. The molecule has 0 spiro atoms. The summed E-state index contributed by atoms with van der Waals surface area (Å²) in [5, 5.41) is 11.3. The molecule has 1 aromatic rings. The highest BCUT2D eigenvalue weighted by atomic mass is 16.4. The Labute approximate surface area is 73.8 Å². The summed E-state index contributed by atoms with van der Waals surface area (Å²) in [6.07, 6.45) is 0.661. The topological polar surface area (TPSA) is 82.2 Å². The van der Waals surface area contributed by atoms with Crippen LogP contribution >= 0.6 is 0 Å². The fourth-order valence-electron chi connectivity index (χ4n) is 1.41. The number of carboxylic acid groups (broad SMARTS) is 1. The van der Waals surface area contributed by atoms with Crippen LogP contribution in [0.2, 0.25) is 0 Å². The number of rotatable bonds is 1. The van der Waals surface area contributed by atoms with Crippen LogP contribution in [0.1, 0.15) is 26.5 Å². The summed E-state index contributed by atoms with van der Waals surface area (Å²) in [5.41, 5.74) is 1.23. The van der Waals surface area contributed by atoms with E-state index in [0.29, 0.717) is 24.2 Å². The van der Waals surface area contributed by atoms with Gasteiger partial charge in [-0.15, -0.1) is 0 Å². The SMILES string of the molecule is O=C(O)c1cc2c([nH]1)CCNC2=O. The number of carbonyl (C=O) groups excluding carboxylic acids is 1. The largest absolute Gasteiger partial charge is 0.477 e. The Hall–Kier alpha value is -1.78. The van der Waals surface area contributed by atoms with Gasteiger partial charge in [-0.3, -0.25) is 4.79 Å². The maximum Gasteiger partial charge on any atom is 0.352 e. The van der Waals surface area contributed by atoms with Crippen LogP contribution in [0, 0.1) is 0 Å². The van der Waals surface area contributed by atoms with E-state index < -0.39 is 5.97 Å². The Morgan fingerprint density at radius 1 is 1.54 bits per heavy atom. The predicted octanol–water partition coefficient (Wildman–Crippen LogP) is -0.00120. The number of carboxylic acids is 1. The third kappa shape index (κ3) is 1.18. The number of aromatic amines is 1. The zero-order chi connectivity index (χ0) is 9.42. The smallest absolute Gasteiger partial charge is 0.352 e. The van der Waals surface area contributed by atoms with Gasteiger partial charge in [-0.2, -0.15) is 0 Å². The van der Waals surface area contributed by atoms with Crippen LogP contribution in [-0.4, -0.2) is 28.5 Å². The van der Waals surface area contributed by atoms with Crippen LogP contribution in [0.5, 0.6) is 0 Å². The molecule has 1 amide bonds. The summed E-state index contributed by atoms with van der Waals surface area (Å²) in [6, 6.07) is 1.37. The van der Waals surface area contributed by atoms with Gasteiger partial charge in [0, 0.05) is 18.7 Å². The minimum absolute atomic E-state index is 0.0713. The average Bonchev–Trinajstić information content (AvgIpc) is 2.49. The first kappa shape index (κ1) is 7.85. The van der Waals surface area contributed by atoms with Crippen molar-refractivity contribution in [3.8, 4) is 0 Å². The first-order valence-electron chi connectivity index (χ1n) is 3.92. The molecule has 5 nitrogen and oxygen atoms in total. The van der Waals surface area contributed by atoms with Gasteiger partial charge in [-0.25, -0.2) is 4.79 Å². The van der Waals surface area contributed by atoms with Gasteiger partial charge in [0.1, 0.15) is 5.69 Å². The number of nitrogens with one attached hydrogen (secondary N) is 2. The normalized spacial score (nSPS) is 14.9. The molecule has 13 heavy (non-hydrogen) atoms. The first-order chi connectivity index (χ1) is 6.18. The summed E-state index contributed by atoms with van der Waals surface area (Å²) in [7, 11) is 0. The van der Waals surface area contributed by atoms with Gasteiger partial charge < -0.3 is 15.4 Å². The van der Waals surface area contributed by atoms with Crippen LogP contribution in [-0.2, 0) is 6.42 Å². The predicted molar refractivity (Wildman–Crippen MR) is 43.8 cm³/mol. The monoisotopic (exact) mass is 180 g/mol. The number of aromatic nitrogens is 1. The Bertz CT molecular complexity index is 381. The number of carbonyl (C=O) groups is 2. The lowest BCUT2D eigenvalue weighted by atomic mass is 10.1. The number of H-pyrrole nitrogens is 1. The lowest BCUT2D eigenvalue weighted by Crippen LogP contribution is -2.31. The molecule has 0 unspecified atom stereocenters. The van der Waals surface area contributed by atoms with E-state index in [-0.39, 0.29) is 11.6 Å². The molecule has 2 rings (SSSR count). The summed E-state index contributed by atoms with van der Waals surface area (Å²) in [4.78, 5) is 24.5. The maximum absolute atomic E-state index is 11.2. The second-order valence-electron chi connectivity index (χ2n) is 2.89. The van der Waals surface area contributed by atoms with Gasteiger partial charge in [-0.05, 0) is 6.07 Å². The molecule has 68 valence electrons. The number of fused-ring (bicyclic) bond motifs is 1. The van der Waals surface area contributed by atoms with Crippen LogP contribution in [0.4, 0.5) is 0 Å². The number of aromatic carboxylic acids is 1. The van der Waals surface area contributed by atoms with Crippen molar-refractivity contribution < 1.29 is 14.7 Å². The lowest BCUT2D eigenvalue weighted by Gasteiger charge is -2.10. The zero-order valence-electron chi connectivity index (χ0n) is 6.76. The molecule has 0 fully saturated rings. The van der Waals surface area contributed by atoms with Crippen molar-refractivity contribution in [2.24, 2.45) is 0 Å². The quantitative estimate of drug-likeness (QED) is 0.568. The standard InChI is InChI=1S/C8H8N2O3/c11-7-4-3-6(8(12)13)10-5(4)1-2-9-7/h3,10H,1-2H2,(H,9,11)(H,12,13). The molecule has 3 N–H and O–H groups in total. The van der Waals surface area contributed by atoms with Gasteiger partial charge >= 0.3 is 5.97 Å². The molecule has 0 saturated heterocycles. The Morgan fingerprint density at radius 3 is 2.92 bits per heavy atom. The van der Waals surface area contributed by atoms with Crippen molar-refractivity contribution in [1.82, 2.24) is 10.3 Å². The highest BCUT2D eigenvalue weighted by Gasteiger charge is 2.21. The van der Waals surface area contributed by atoms with Crippen LogP contribution in [0.15, 0.2) is 6.07 Å². The van der Waals surface area contributed by atoms with Crippen molar-refractivity contribution in [2.45, 2.75) is 6.42 Å². The third-order valence-electron chi connectivity index (χ3n) is 2.03. The average molecular weight is 180 g/mol. The van der Waals surface area contributed by atoms with E-state index >= 15 is 0 Å². The molecule has 2 heterocycles. The molecule has 0 aromatic carbocycles. The van der Waals surface area contributed by atoms with Crippen molar-refractivity contribution in [2.75, 3.05) is 6.54 Å². The van der Waals surface area contributed by atoms with E-state index in [1.165, 1.54) is 6.07 Å². The molecule has 0 atom stereocenters. The Morgan fingerprint density at radius 2 is 2.31 bits per heavy atom. The van der Waals surface area contributed by atoms with E-state index in [0.717, 1.165) is 0 Å². The van der Waals surface area contributed by atoms with Crippen molar-refractivity contribution in [3.05, 3.63) is 23.0 Å². The molecule has 0 saturated carbocycles. The molecule has 1 aliphatic heterocycles. The summed E-state index contributed by atoms with van der Waals surface area (Å²) >= 11 is 0. The van der Waals surface area contributed by atoms with Gasteiger partial charge in [0.25, 0.3) is 5.91 Å². The van der Waals surface area contributed by atoms with Gasteiger partial charge in [0.15, 0.2) is 0 Å². The lowest BCUT2D eigenvalue weighted by molar-refractivity contribution is 0.0691. The molecular weight excluding hydrogens is 172 g/mol. The minimum Gasteiger partial charge on any atom is -0.477 e. The fraction of sp³-hybridized carbons (Fsp3) is 0.250. The fourth-order valence-corrected chi connectivity index (χ4v) is 1.41. The molecule has 0 aliphatic carbocycles. The molecule has 1 aromatic heterocycles. The van der Waals surface area contributed by atoms with Crippen LogP contribution in [0.3, 0.4) is 0 Å². The summed E-state index contributed by atoms with van der Waals surface area (Å²) in [6.45, 7) is 0.561. The highest BCUT2D eigenvalue weighted by Crippen LogP contribution is 2.14. The van der Waals surface area contributed by atoms with E-state index in [1.807, 2.05) is 0 Å². The van der Waals surface area contributed by atoms with Crippen molar-refractivity contribution >= 4 is 11.9 Å². The summed E-state index contributed by atoms with van der Waals surface area (Å²) in [5.74, 6) is -1.24. The van der Waals surface area contributed by atoms with E-state index in [2.05, 4.69) is 10.3 Å². The number of hydrogen-bond acceptors (Lipinski definition) is 2. The molecule has 1 aliphatic rings. The highest BCUT2D eigenvalue weighted by molar-refractivity contribution is 5.99. The van der Waals surface area contributed by atoms with E-state index in [9.17, 15) is 9.59 Å². The second kappa shape index (κ2) is 2.62.